The molecule has 1 unspecified atom stereocenters. The highest BCUT2D eigenvalue weighted by Gasteiger charge is 2.12. The molecule has 2 aromatic carbocycles. The second-order valence-electron chi connectivity index (χ2n) is 6.10. The van der Waals surface area contributed by atoms with E-state index >= 15 is 0 Å². The Labute approximate surface area is 158 Å². The molecule has 3 rings (SSSR count). The molecule has 2 N–H and O–H groups in total. The summed E-state index contributed by atoms with van der Waals surface area (Å²) in [6.45, 7) is 3.86. The minimum atomic E-state index is -0.273. The fourth-order valence-electron chi connectivity index (χ4n) is 2.74. The van der Waals surface area contributed by atoms with Crippen LogP contribution in [0, 0.1) is 6.92 Å². The highest BCUT2D eigenvalue weighted by Crippen LogP contribution is 2.23. The summed E-state index contributed by atoms with van der Waals surface area (Å²) in [5.74, 6) is 0. The third-order valence-electron chi connectivity index (χ3n) is 4.09. The van der Waals surface area contributed by atoms with Gasteiger partial charge in [0, 0.05) is 22.6 Å². The van der Waals surface area contributed by atoms with Crippen LogP contribution < -0.4 is 10.6 Å². The largest absolute Gasteiger partial charge is 0.331 e. The van der Waals surface area contributed by atoms with Crippen molar-refractivity contribution < 1.29 is 4.79 Å². The topological polar surface area (TPSA) is 54.0 Å². The SMILES string of the molecule is Cc1cc(-c2ccc(NC(=O)NC(C)c3ccccc3Cl)cc2)ccn1. The second-order valence-corrected chi connectivity index (χ2v) is 6.51. The lowest BCUT2D eigenvalue weighted by molar-refractivity contribution is 0.249. The molecule has 3 aromatic rings. The van der Waals surface area contributed by atoms with Crippen LogP contribution in [0.25, 0.3) is 11.1 Å². The number of amides is 2. The highest BCUT2D eigenvalue weighted by atomic mass is 35.5. The minimum absolute atomic E-state index is 0.192. The Kier molecular flexibility index (Phi) is 5.54. The van der Waals surface area contributed by atoms with Crippen LogP contribution in [0.3, 0.4) is 0 Å². The normalized spacial score (nSPS) is 11.7. The van der Waals surface area contributed by atoms with Crippen molar-refractivity contribution in [2.45, 2.75) is 19.9 Å². The molecule has 0 fully saturated rings. The Morgan fingerprint density at radius 1 is 1.04 bits per heavy atom. The van der Waals surface area contributed by atoms with Gasteiger partial charge in [0.15, 0.2) is 0 Å². The van der Waals surface area contributed by atoms with Crippen LogP contribution in [-0.4, -0.2) is 11.0 Å². The third kappa shape index (κ3) is 4.41. The molecular formula is C21H20ClN3O. The number of nitrogens with one attached hydrogen (secondary N) is 2. The summed E-state index contributed by atoms with van der Waals surface area (Å²) in [5, 5.41) is 6.38. The summed E-state index contributed by atoms with van der Waals surface area (Å²) in [7, 11) is 0. The van der Waals surface area contributed by atoms with Crippen molar-refractivity contribution in [3.05, 3.63) is 83.1 Å². The summed E-state index contributed by atoms with van der Waals surface area (Å²) in [5.41, 5.74) is 4.75. The Balaban J connectivity index is 1.64. The van der Waals surface area contributed by atoms with Gasteiger partial charge in [-0.15, -0.1) is 0 Å². The maximum atomic E-state index is 12.2. The molecule has 0 saturated carbocycles. The first-order chi connectivity index (χ1) is 12.5. The van der Waals surface area contributed by atoms with Gasteiger partial charge < -0.3 is 10.6 Å². The van der Waals surface area contributed by atoms with E-state index in [4.69, 9.17) is 11.6 Å². The fraction of sp³-hybridized carbons (Fsp3) is 0.143. The molecule has 2 amide bonds. The molecule has 0 radical (unpaired) electrons. The Hall–Kier alpha value is -2.85. The van der Waals surface area contributed by atoms with Crippen LogP contribution in [0.4, 0.5) is 10.5 Å². The van der Waals surface area contributed by atoms with E-state index in [1.807, 2.05) is 74.5 Å². The van der Waals surface area contributed by atoms with Crippen LogP contribution in [0.5, 0.6) is 0 Å². The number of benzene rings is 2. The van der Waals surface area contributed by atoms with Crippen LogP contribution in [0.1, 0.15) is 24.2 Å². The maximum Gasteiger partial charge on any atom is 0.319 e. The third-order valence-corrected chi connectivity index (χ3v) is 4.44. The molecule has 4 nitrogen and oxygen atoms in total. The van der Waals surface area contributed by atoms with Crippen LogP contribution >= 0.6 is 11.6 Å². The summed E-state index contributed by atoms with van der Waals surface area (Å²) in [4.78, 5) is 16.4. The molecule has 132 valence electrons. The molecule has 0 aliphatic heterocycles. The van der Waals surface area contributed by atoms with Gasteiger partial charge in [0.05, 0.1) is 6.04 Å². The first-order valence-corrected chi connectivity index (χ1v) is 8.76. The van der Waals surface area contributed by atoms with Crippen molar-refractivity contribution in [3.63, 3.8) is 0 Å². The van der Waals surface area contributed by atoms with Gasteiger partial charge in [-0.2, -0.15) is 0 Å². The van der Waals surface area contributed by atoms with Gasteiger partial charge in [0.1, 0.15) is 0 Å². The second kappa shape index (κ2) is 8.02. The Morgan fingerprint density at radius 2 is 1.77 bits per heavy atom. The van der Waals surface area contributed by atoms with Gasteiger partial charge in [-0.05, 0) is 60.9 Å². The Morgan fingerprint density at radius 3 is 2.46 bits per heavy atom. The monoisotopic (exact) mass is 365 g/mol. The van der Waals surface area contributed by atoms with Crippen LogP contribution in [0.2, 0.25) is 5.02 Å². The van der Waals surface area contributed by atoms with E-state index < -0.39 is 0 Å². The van der Waals surface area contributed by atoms with Crippen molar-refractivity contribution >= 4 is 23.3 Å². The van der Waals surface area contributed by atoms with E-state index in [1.165, 1.54) is 0 Å². The van der Waals surface area contributed by atoms with Crippen LogP contribution in [0.15, 0.2) is 66.9 Å². The smallest absolute Gasteiger partial charge is 0.319 e. The average molecular weight is 366 g/mol. The number of rotatable bonds is 4. The number of halogens is 1. The molecule has 0 saturated heterocycles. The molecule has 5 heteroatoms. The first kappa shape index (κ1) is 18.0. The predicted molar refractivity (Wildman–Crippen MR) is 106 cm³/mol. The molecule has 1 aromatic heterocycles. The lowest BCUT2D eigenvalue weighted by Crippen LogP contribution is -2.31. The molecule has 0 aliphatic carbocycles. The number of pyridine rings is 1. The molecule has 1 heterocycles. The summed E-state index contributed by atoms with van der Waals surface area (Å²) >= 11 is 6.17. The number of aromatic nitrogens is 1. The zero-order valence-electron chi connectivity index (χ0n) is 14.7. The fourth-order valence-corrected chi connectivity index (χ4v) is 3.04. The van der Waals surface area contributed by atoms with Crippen molar-refractivity contribution in [2.75, 3.05) is 5.32 Å². The molecule has 0 aliphatic rings. The molecule has 0 bridgehead atoms. The zero-order chi connectivity index (χ0) is 18.5. The van der Waals surface area contributed by atoms with Gasteiger partial charge in [-0.25, -0.2) is 4.79 Å². The highest BCUT2D eigenvalue weighted by molar-refractivity contribution is 6.31. The summed E-state index contributed by atoms with van der Waals surface area (Å²) < 4.78 is 0. The quantitative estimate of drug-likeness (QED) is 0.632. The number of hydrogen-bond acceptors (Lipinski definition) is 2. The number of hydrogen-bond donors (Lipinski definition) is 2. The predicted octanol–water partition coefficient (Wildman–Crippen LogP) is 5.59. The van der Waals surface area contributed by atoms with E-state index in [2.05, 4.69) is 15.6 Å². The van der Waals surface area contributed by atoms with E-state index in [9.17, 15) is 4.79 Å². The number of nitrogens with zero attached hydrogens (tertiary/aromatic N) is 1. The Bertz CT molecular complexity index is 909. The summed E-state index contributed by atoms with van der Waals surface area (Å²) in [6, 6.07) is 18.7. The lowest BCUT2D eigenvalue weighted by Gasteiger charge is -2.16. The average Bonchev–Trinajstić information content (AvgIpc) is 2.62. The number of carbonyl (C=O) groups is 1. The van der Waals surface area contributed by atoms with Gasteiger partial charge in [0.25, 0.3) is 0 Å². The van der Waals surface area contributed by atoms with E-state index in [-0.39, 0.29) is 12.1 Å². The zero-order valence-corrected chi connectivity index (χ0v) is 15.4. The maximum absolute atomic E-state index is 12.2. The van der Waals surface area contributed by atoms with Gasteiger partial charge in [0.2, 0.25) is 0 Å². The van der Waals surface area contributed by atoms with E-state index in [0.717, 1.165) is 28.1 Å². The van der Waals surface area contributed by atoms with Gasteiger partial charge in [-0.3, -0.25) is 4.98 Å². The molecular weight excluding hydrogens is 346 g/mol. The first-order valence-electron chi connectivity index (χ1n) is 8.38. The lowest BCUT2D eigenvalue weighted by atomic mass is 10.1. The number of urea groups is 1. The van der Waals surface area contributed by atoms with E-state index in [0.29, 0.717) is 5.02 Å². The molecule has 26 heavy (non-hydrogen) atoms. The minimum Gasteiger partial charge on any atom is -0.331 e. The number of carbonyl (C=O) groups excluding carboxylic acids is 1. The van der Waals surface area contributed by atoms with E-state index in [1.54, 1.807) is 6.20 Å². The van der Waals surface area contributed by atoms with Gasteiger partial charge in [-0.1, -0.05) is 41.9 Å². The standard InChI is InChI=1S/C21H20ClN3O/c1-14-13-17(11-12-23-14)16-7-9-18(10-8-16)25-21(26)24-15(2)19-5-3-4-6-20(19)22/h3-13,15H,1-2H3,(H2,24,25,26). The van der Waals surface area contributed by atoms with Crippen molar-refractivity contribution in [1.29, 1.82) is 0 Å². The molecule has 0 spiro atoms. The molecule has 1 atom stereocenters. The summed E-state index contributed by atoms with van der Waals surface area (Å²) in [6.07, 6.45) is 1.79. The van der Waals surface area contributed by atoms with Gasteiger partial charge >= 0.3 is 6.03 Å². The van der Waals surface area contributed by atoms with Crippen molar-refractivity contribution in [3.8, 4) is 11.1 Å². The van der Waals surface area contributed by atoms with Crippen LogP contribution in [-0.2, 0) is 0 Å². The van der Waals surface area contributed by atoms with Crippen molar-refractivity contribution in [2.24, 2.45) is 0 Å². The number of anilines is 1. The number of aryl methyl sites for hydroxylation is 1. The van der Waals surface area contributed by atoms with Crippen molar-refractivity contribution in [1.82, 2.24) is 10.3 Å².